The van der Waals surface area contributed by atoms with E-state index >= 15 is 0 Å². The number of hydrogen-bond donors (Lipinski definition) is 1. The number of aliphatic hydroxyl groups is 1. The Morgan fingerprint density at radius 3 is 2.60 bits per heavy atom. The Labute approximate surface area is 122 Å². The van der Waals surface area contributed by atoms with Crippen molar-refractivity contribution in [2.24, 2.45) is 0 Å². The molecule has 0 aliphatic carbocycles. The fourth-order valence-electron chi connectivity index (χ4n) is 1.48. The van der Waals surface area contributed by atoms with Crippen molar-refractivity contribution in [1.82, 2.24) is 5.06 Å². The molecular formula is C12H13BrF3NO3. The number of hydrogen-bond acceptors (Lipinski definition) is 3. The number of alkyl halides is 3. The van der Waals surface area contributed by atoms with Gasteiger partial charge in [0.25, 0.3) is 0 Å². The highest BCUT2D eigenvalue weighted by atomic mass is 79.9. The summed E-state index contributed by atoms with van der Waals surface area (Å²) in [5.74, 6) is -0.545. The first-order valence-electron chi connectivity index (χ1n) is 5.52. The molecule has 0 radical (unpaired) electrons. The summed E-state index contributed by atoms with van der Waals surface area (Å²) < 4.78 is 38.1. The summed E-state index contributed by atoms with van der Waals surface area (Å²) in [6.45, 7) is 0. The number of hydroxylamine groups is 2. The number of rotatable bonds is 4. The van der Waals surface area contributed by atoms with Crippen LogP contribution in [-0.2, 0) is 15.8 Å². The third-order valence-electron chi connectivity index (χ3n) is 2.67. The van der Waals surface area contributed by atoms with Crippen LogP contribution in [0.5, 0.6) is 0 Å². The number of nitrogens with zero attached hydrogens (tertiary/aromatic N) is 1. The van der Waals surface area contributed by atoms with Crippen LogP contribution < -0.4 is 0 Å². The van der Waals surface area contributed by atoms with Gasteiger partial charge in [0.05, 0.1) is 25.2 Å². The molecule has 1 N–H and O–H groups in total. The lowest BCUT2D eigenvalue weighted by Gasteiger charge is -2.18. The highest BCUT2D eigenvalue weighted by molar-refractivity contribution is 9.10. The lowest BCUT2D eigenvalue weighted by atomic mass is 10.0. The molecule has 20 heavy (non-hydrogen) atoms. The van der Waals surface area contributed by atoms with Crippen molar-refractivity contribution >= 4 is 21.8 Å². The minimum absolute atomic E-state index is 0.0124. The van der Waals surface area contributed by atoms with Crippen LogP contribution in [0.1, 0.15) is 23.7 Å². The first-order chi connectivity index (χ1) is 9.16. The standard InChI is InChI=1S/C12H13BrF3NO3/c1-17(20-2)11(19)6-10(18)7-3-4-9(13)8(5-7)12(14,15)16/h3-5,10,18H,6H2,1-2H3. The zero-order valence-corrected chi connectivity index (χ0v) is 12.3. The molecule has 1 aromatic rings. The second kappa shape index (κ2) is 6.55. The summed E-state index contributed by atoms with van der Waals surface area (Å²) >= 11 is 2.80. The van der Waals surface area contributed by atoms with Crippen LogP contribution in [0.15, 0.2) is 22.7 Å². The Kier molecular flexibility index (Phi) is 5.55. The van der Waals surface area contributed by atoms with Gasteiger partial charge in [-0.2, -0.15) is 13.2 Å². The van der Waals surface area contributed by atoms with E-state index in [-0.39, 0.29) is 16.5 Å². The zero-order valence-electron chi connectivity index (χ0n) is 10.7. The second-order valence-electron chi connectivity index (χ2n) is 4.03. The highest BCUT2D eigenvalue weighted by Gasteiger charge is 2.33. The monoisotopic (exact) mass is 355 g/mol. The minimum atomic E-state index is -4.54. The average molecular weight is 356 g/mol. The summed E-state index contributed by atoms with van der Waals surface area (Å²) in [5.41, 5.74) is -0.889. The topological polar surface area (TPSA) is 49.8 Å². The molecular weight excluding hydrogens is 343 g/mol. The van der Waals surface area contributed by atoms with E-state index in [2.05, 4.69) is 20.8 Å². The molecule has 1 amide bonds. The Hall–Kier alpha value is -1.12. The number of aliphatic hydroxyl groups excluding tert-OH is 1. The quantitative estimate of drug-likeness (QED) is 0.844. The molecule has 1 aromatic carbocycles. The lowest BCUT2D eigenvalue weighted by molar-refractivity contribution is -0.170. The third-order valence-corrected chi connectivity index (χ3v) is 3.37. The maximum atomic E-state index is 12.7. The first-order valence-corrected chi connectivity index (χ1v) is 6.31. The van der Waals surface area contributed by atoms with Crippen LogP contribution in [0.4, 0.5) is 13.2 Å². The molecule has 8 heteroatoms. The van der Waals surface area contributed by atoms with Gasteiger partial charge >= 0.3 is 6.18 Å². The van der Waals surface area contributed by atoms with Crippen LogP contribution in [0.25, 0.3) is 0 Å². The van der Waals surface area contributed by atoms with Crippen molar-refractivity contribution in [3.8, 4) is 0 Å². The zero-order chi connectivity index (χ0) is 15.5. The van der Waals surface area contributed by atoms with Crippen molar-refractivity contribution < 1.29 is 27.9 Å². The fraction of sp³-hybridized carbons (Fsp3) is 0.417. The largest absolute Gasteiger partial charge is 0.417 e. The van der Waals surface area contributed by atoms with E-state index in [1.54, 1.807) is 0 Å². The van der Waals surface area contributed by atoms with E-state index in [9.17, 15) is 23.1 Å². The van der Waals surface area contributed by atoms with Gasteiger partial charge in [0.2, 0.25) is 5.91 Å². The molecule has 0 bridgehead atoms. The van der Waals surface area contributed by atoms with Gasteiger partial charge in [-0.25, -0.2) is 5.06 Å². The smallest absolute Gasteiger partial charge is 0.388 e. The van der Waals surface area contributed by atoms with Gasteiger partial charge in [-0.1, -0.05) is 22.0 Å². The molecule has 0 aliphatic rings. The van der Waals surface area contributed by atoms with E-state index in [0.29, 0.717) is 0 Å². The molecule has 0 heterocycles. The van der Waals surface area contributed by atoms with Gasteiger partial charge in [0.1, 0.15) is 0 Å². The molecule has 112 valence electrons. The number of carbonyl (C=O) groups excluding carboxylic acids is 1. The first kappa shape index (κ1) is 16.9. The number of carbonyl (C=O) groups is 1. The third kappa shape index (κ3) is 4.19. The fourth-order valence-corrected chi connectivity index (χ4v) is 1.95. The van der Waals surface area contributed by atoms with E-state index in [1.165, 1.54) is 26.3 Å². The molecule has 4 nitrogen and oxygen atoms in total. The molecule has 1 atom stereocenters. The van der Waals surface area contributed by atoms with Gasteiger partial charge in [-0.3, -0.25) is 9.63 Å². The van der Waals surface area contributed by atoms with E-state index in [1.807, 2.05) is 0 Å². The Balaban J connectivity index is 2.95. The average Bonchev–Trinajstić information content (AvgIpc) is 2.36. The van der Waals surface area contributed by atoms with E-state index < -0.39 is 23.8 Å². The van der Waals surface area contributed by atoms with Crippen molar-refractivity contribution in [3.05, 3.63) is 33.8 Å². The van der Waals surface area contributed by atoms with Gasteiger partial charge in [-0.05, 0) is 17.7 Å². The SMILES string of the molecule is CON(C)C(=O)CC(O)c1ccc(Br)c(C(F)(F)F)c1. The summed E-state index contributed by atoms with van der Waals surface area (Å²) in [6.07, 6.45) is -6.25. The Bertz CT molecular complexity index is 493. The van der Waals surface area contributed by atoms with Gasteiger partial charge in [0, 0.05) is 11.5 Å². The van der Waals surface area contributed by atoms with Crippen LogP contribution in [0.3, 0.4) is 0 Å². The summed E-state index contributed by atoms with van der Waals surface area (Å²) in [5, 5.41) is 10.7. The Morgan fingerprint density at radius 1 is 1.50 bits per heavy atom. The van der Waals surface area contributed by atoms with Crippen molar-refractivity contribution in [1.29, 1.82) is 0 Å². The second-order valence-corrected chi connectivity index (χ2v) is 4.89. The van der Waals surface area contributed by atoms with Gasteiger partial charge in [0.15, 0.2) is 0 Å². The predicted octanol–water partition coefficient (Wildman–Crippen LogP) is 2.91. The van der Waals surface area contributed by atoms with E-state index in [4.69, 9.17) is 0 Å². The molecule has 0 saturated heterocycles. The van der Waals surface area contributed by atoms with Crippen LogP contribution in [0.2, 0.25) is 0 Å². The molecule has 1 unspecified atom stereocenters. The van der Waals surface area contributed by atoms with Crippen LogP contribution in [-0.4, -0.2) is 30.2 Å². The van der Waals surface area contributed by atoms with Crippen molar-refractivity contribution in [2.75, 3.05) is 14.2 Å². The van der Waals surface area contributed by atoms with Gasteiger partial charge < -0.3 is 5.11 Å². The van der Waals surface area contributed by atoms with Crippen LogP contribution >= 0.6 is 15.9 Å². The number of halogens is 4. The van der Waals surface area contributed by atoms with Crippen LogP contribution in [0, 0.1) is 0 Å². The van der Waals surface area contributed by atoms with Crippen molar-refractivity contribution in [2.45, 2.75) is 18.7 Å². The highest BCUT2D eigenvalue weighted by Crippen LogP contribution is 2.36. The molecule has 0 aliphatic heterocycles. The van der Waals surface area contributed by atoms with Gasteiger partial charge in [-0.15, -0.1) is 0 Å². The molecule has 0 aromatic heterocycles. The maximum absolute atomic E-state index is 12.7. The van der Waals surface area contributed by atoms with E-state index in [0.717, 1.165) is 11.1 Å². The maximum Gasteiger partial charge on any atom is 0.417 e. The molecule has 0 spiro atoms. The summed E-state index contributed by atoms with van der Waals surface area (Å²) in [6, 6.07) is 3.32. The number of benzene rings is 1. The molecule has 0 fully saturated rings. The van der Waals surface area contributed by atoms with Crippen molar-refractivity contribution in [3.63, 3.8) is 0 Å². The number of amides is 1. The minimum Gasteiger partial charge on any atom is -0.388 e. The summed E-state index contributed by atoms with van der Waals surface area (Å²) in [7, 11) is 2.61. The normalized spacial score (nSPS) is 13.2. The molecule has 1 rings (SSSR count). The predicted molar refractivity (Wildman–Crippen MR) is 68.5 cm³/mol. The Morgan fingerprint density at radius 2 is 2.10 bits per heavy atom. The lowest BCUT2D eigenvalue weighted by Crippen LogP contribution is -2.26. The molecule has 0 saturated carbocycles. The summed E-state index contributed by atoms with van der Waals surface area (Å²) in [4.78, 5) is 16.1.